The maximum Gasteiger partial charge on any atom is 0.338 e. The third-order valence-electron chi connectivity index (χ3n) is 7.35. The van der Waals surface area contributed by atoms with Gasteiger partial charge in [0.25, 0.3) is 11.5 Å². The van der Waals surface area contributed by atoms with Gasteiger partial charge in [-0.3, -0.25) is 14.2 Å². The molecule has 1 fully saturated rings. The van der Waals surface area contributed by atoms with Crippen LogP contribution in [0.1, 0.15) is 44.9 Å². The predicted molar refractivity (Wildman–Crippen MR) is 174 cm³/mol. The molecule has 1 saturated heterocycles. The number of aromatic nitrogens is 1. The van der Waals surface area contributed by atoms with Gasteiger partial charge in [-0.25, -0.2) is 9.79 Å². The lowest BCUT2D eigenvalue weighted by Gasteiger charge is -2.26. The predicted octanol–water partition coefficient (Wildman–Crippen LogP) is 3.49. The Morgan fingerprint density at radius 2 is 1.85 bits per heavy atom. The second-order valence-electron chi connectivity index (χ2n) is 10.8. The van der Waals surface area contributed by atoms with Crippen LogP contribution in [0.2, 0.25) is 5.02 Å². The smallest absolute Gasteiger partial charge is 0.338 e. The van der Waals surface area contributed by atoms with Gasteiger partial charge in [-0.1, -0.05) is 29.0 Å². The molecule has 1 aromatic heterocycles. The first-order valence-electron chi connectivity index (χ1n) is 14.9. The van der Waals surface area contributed by atoms with E-state index >= 15 is 0 Å². The van der Waals surface area contributed by atoms with Crippen LogP contribution >= 0.6 is 22.9 Å². The van der Waals surface area contributed by atoms with Gasteiger partial charge in [0, 0.05) is 23.7 Å². The number of thiazole rings is 1. The SMILES string of the molecule is CCOc1cc(/C=c2\sc3n(c2=O)[C@H](c2cc(Cl)ccc2OC)C(C(=O)OC(C)C)=C(C)N=3)ccc1OCC(=O)N1CCOCC1. The Balaban J connectivity index is 1.55. The molecule has 3 aromatic rings. The van der Waals surface area contributed by atoms with Crippen molar-refractivity contribution < 1.29 is 33.3 Å². The van der Waals surface area contributed by atoms with Gasteiger partial charge >= 0.3 is 5.97 Å². The molecule has 0 spiro atoms. The molecule has 2 aromatic carbocycles. The summed E-state index contributed by atoms with van der Waals surface area (Å²) in [5, 5.41) is 0.418. The summed E-state index contributed by atoms with van der Waals surface area (Å²) < 4.78 is 30.1. The number of halogens is 1. The van der Waals surface area contributed by atoms with Crippen LogP contribution in [0.3, 0.4) is 0 Å². The third kappa shape index (κ3) is 7.14. The topological polar surface area (TPSA) is 118 Å². The van der Waals surface area contributed by atoms with E-state index in [4.69, 9.17) is 35.3 Å². The van der Waals surface area contributed by atoms with E-state index in [1.165, 1.54) is 23.0 Å². The molecule has 3 heterocycles. The summed E-state index contributed by atoms with van der Waals surface area (Å²) in [6.07, 6.45) is 1.34. The molecule has 2 aliphatic rings. The second-order valence-corrected chi connectivity index (χ2v) is 12.3. The van der Waals surface area contributed by atoms with E-state index in [0.29, 0.717) is 81.3 Å². The highest BCUT2D eigenvalue weighted by Gasteiger charge is 2.35. The van der Waals surface area contributed by atoms with E-state index in [0.717, 1.165) is 0 Å². The number of amides is 1. The Bertz CT molecular complexity index is 1840. The van der Waals surface area contributed by atoms with Crippen molar-refractivity contribution in [1.29, 1.82) is 0 Å². The molecule has 0 aliphatic carbocycles. The number of carbonyl (C=O) groups is 2. The van der Waals surface area contributed by atoms with Crippen molar-refractivity contribution in [2.24, 2.45) is 4.99 Å². The molecule has 0 unspecified atom stereocenters. The van der Waals surface area contributed by atoms with Crippen molar-refractivity contribution >= 4 is 40.9 Å². The van der Waals surface area contributed by atoms with Crippen LogP contribution in [0.25, 0.3) is 6.08 Å². The zero-order valence-electron chi connectivity index (χ0n) is 26.3. The number of benzene rings is 2. The van der Waals surface area contributed by atoms with E-state index < -0.39 is 12.0 Å². The number of hydrogen-bond acceptors (Lipinski definition) is 10. The number of hydrogen-bond donors (Lipinski definition) is 0. The van der Waals surface area contributed by atoms with Crippen LogP contribution < -0.4 is 29.1 Å². The maximum atomic E-state index is 14.1. The van der Waals surface area contributed by atoms with Crippen LogP contribution in [-0.2, 0) is 19.1 Å². The summed E-state index contributed by atoms with van der Waals surface area (Å²) in [5.74, 6) is 0.599. The van der Waals surface area contributed by atoms with E-state index in [2.05, 4.69) is 4.99 Å². The monoisotopic (exact) mass is 669 g/mol. The highest BCUT2D eigenvalue weighted by atomic mass is 35.5. The molecule has 244 valence electrons. The van der Waals surface area contributed by atoms with Crippen LogP contribution in [0, 0.1) is 0 Å². The first-order chi connectivity index (χ1) is 22.1. The average molecular weight is 670 g/mol. The molecule has 2 aliphatic heterocycles. The van der Waals surface area contributed by atoms with Crippen LogP contribution in [0.15, 0.2) is 57.5 Å². The largest absolute Gasteiger partial charge is 0.496 e. The molecule has 0 radical (unpaired) electrons. The van der Waals surface area contributed by atoms with Crippen molar-refractivity contribution in [2.75, 3.05) is 46.6 Å². The summed E-state index contributed by atoms with van der Waals surface area (Å²) in [7, 11) is 1.51. The van der Waals surface area contributed by atoms with E-state index in [-0.39, 0.29) is 29.8 Å². The Hall–Kier alpha value is -4.13. The first kappa shape index (κ1) is 33.2. The molecular weight excluding hydrogens is 634 g/mol. The molecule has 46 heavy (non-hydrogen) atoms. The molecule has 1 atom stereocenters. The number of allylic oxidation sites excluding steroid dienone is 1. The molecule has 0 bridgehead atoms. The maximum absolute atomic E-state index is 14.1. The average Bonchev–Trinajstić information content (AvgIpc) is 3.33. The number of esters is 1. The number of carbonyl (C=O) groups excluding carboxylic acids is 2. The number of ether oxygens (including phenoxy) is 5. The molecular formula is C33H36ClN3O8S. The van der Waals surface area contributed by atoms with Gasteiger partial charge in [0.2, 0.25) is 0 Å². The minimum absolute atomic E-state index is 0.131. The van der Waals surface area contributed by atoms with Gasteiger partial charge in [-0.15, -0.1) is 0 Å². The number of nitrogens with zero attached hydrogens (tertiary/aromatic N) is 3. The lowest BCUT2D eigenvalue weighted by atomic mass is 9.95. The van der Waals surface area contributed by atoms with Crippen molar-refractivity contribution in [3.05, 3.63) is 83.5 Å². The van der Waals surface area contributed by atoms with Gasteiger partial charge in [-0.2, -0.15) is 0 Å². The minimum atomic E-state index is -0.892. The van der Waals surface area contributed by atoms with E-state index in [9.17, 15) is 14.4 Å². The zero-order chi connectivity index (χ0) is 33.0. The lowest BCUT2D eigenvalue weighted by Crippen LogP contribution is -2.43. The number of methoxy groups -OCH3 is 1. The summed E-state index contributed by atoms with van der Waals surface area (Å²) in [6, 6.07) is 9.41. The van der Waals surface area contributed by atoms with Crippen molar-refractivity contribution in [3.8, 4) is 17.2 Å². The highest BCUT2D eigenvalue weighted by Crippen LogP contribution is 2.37. The number of rotatable bonds is 10. The van der Waals surface area contributed by atoms with Crippen LogP contribution in [0.5, 0.6) is 17.2 Å². The fourth-order valence-corrected chi connectivity index (χ4v) is 6.50. The fraction of sp³-hybridized carbons (Fsp3) is 0.394. The molecule has 0 N–H and O–H groups in total. The Morgan fingerprint density at radius 3 is 2.54 bits per heavy atom. The number of fused-ring (bicyclic) bond motifs is 1. The fourth-order valence-electron chi connectivity index (χ4n) is 5.27. The zero-order valence-corrected chi connectivity index (χ0v) is 27.9. The van der Waals surface area contributed by atoms with Crippen LogP contribution in [-0.4, -0.2) is 74.1 Å². The summed E-state index contributed by atoms with van der Waals surface area (Å²) in [4.78, 5) is 46.9. The Labute approximate surface area is 275 Å². The van der Waals surface area contributed by atoms with E-state index in [1.807, 2.05) is 6.92 Å². The number of morpholine rings is 1. The van der Waals surface area contributed by atoms with Gasteiger partial charge in [0.05, 0.1) is 48.8 Å². The quantitative estimate of drug-likeness (QED) is 0.301. The molecule has 1 amide bonds. The summed E-state index contributed by atoms with van der Waals surface area (Å²) in [5.41, 5.74) is 1.50. The minimum Gasteiger partial charge on any atom is -0.496 e. The Morgan fingerprint density at radius 1 is 1.11 bits per heavy atom. The molecule has 5 rings (SSSR count). The molecule has 13 heteroatoms. The summed E-state index contributed by atoms with van der Waals surface area (Å²) in [6.45, 7) is 9.39. The summed E-state index contributed by atoms with van der Waals surface area (Å²) >= 11 is 7.60. The first-order valence-corrected chi connectivity index (χ1v) is 16.1. The molecule has 0 saturated carbocycles. The van der Waals surface area contributed by atoms with Crippen molar-refractivity contribution in [1.82, 2.24) is 9.47 Å². The Kier molecular flexibility index (Phi) is 10.5. The molecule has 11 nitrogen and oxygen atoms in total. The standard InChI is InChI=1S/C33H36ClN3O8S/c1-6-43-26-15-21(7-9-25(26)44-18-28(38)36-11-13-42-14-12-36)16-27-31(39)37-30(23-17-22(34)8-10-24(23)41-5)29(32(40)45-19(2)3)20(4)35-33(37)46-27/h7-10,15-17,19,30H,6,11-14,18H2,1-5H3/b27-16-/t30-/m1/s1. The van der Waals surface area contributed by atoms with Crippen LogP contribution in [0.4, 0.5) is 0 Å². The van der Waals surface area contributed by atoms with Gasteiger partial charge in [-0.05, 0) is 69.7 Å². The van der Waals surface area contributed by atoms with Crippen molar-refractivity contribution in [2.45, 2.75) is 39.8 Å². The normalized spacial score (nSPS) is 16.6. The lowest BCUT2D eigenvalue weighted by molar-refractivity contribution is -0.143. The van der Waals surface area contributed by atoms with Gasteiger partial charge in [0.15, 0.2) is 22.9 Å². The van der Waals surface area contributed by atoms with Gasteiger partial charge in [0.1, 0.15) is 11.8 Å². The van der Waals surface area contributed by atoms with E-state index in [1.54, 1.807) is 68.1 Å². The second kappa shape index (κ2) is 14.5. The van der Waals surface area contributed by atoms with Crippen molar-refractivity contribution in [3.63, 3.8) is 0 Å². The highest BCUT2D eigenvalue weighted by molar-refractivity contribution is 7.07. The van der Waals surface area contributed by atoms with Gasteiger partial charge < -0.3 is 28.6 Å². The third-order valence-corrected chi connectivity index (χ3v) is 8.57.